The van der Waals surface area contributed by atoms with Gasteiger partial charge in [0.1, 0.15) is 0 Å². The summed E-state index contributed by atoms with van der Waals surface area (Å²) in [6, 6.07) is 0. The monoisotopic (exact) mass is 166 g/mol. The molecule has 10 heavy (non-hydrogen) atoms. The molecule has 0 N–H and O–H groups in total. The molecule has 0 aliphatic carbocycles. The van der Waals surface area contributed by atoms with E-state index in [-0.39, 0.29) is 12.7 Å². The highest BCUT2D eigenvalue weighted by molar-refractivity contribution is 7.81. The van der Waals surface area contributed by atoms with Crippen molar-refractivity contribution in [3.8, 4) is 0 Å². The topological polar surface area (TPSA) is 52.6 Å². The normalized spacial score (nSPS) is 33.1. The van der Waals surface area contributed by atoms with Gasteiger partial charge in [0, 0.05) is 0 Å². The summed E-state index contributed by atoms with van der Waals surface area (Å²) in [4.78, 5) is 0. The van der Waals surface area contributed by atoms with Crippen molar-refractivity contribution < 1.29 is 16.8 Å². The third-order valence-electron chi connectivity index (χ3n) is 1.26. The first-order valence-corrected chi connectivity index (χ1v) is 4.51. The molecule has 0 radical (unpaired) electrons. The van der Waals surface area contributed by atoms with Crippen molar-refractivity contribution in [1.82, 2.24) is 0 Å². The quantitative estimate of drug-likeness (QED) is 0.524. The zero-order chi connectivity index (χ0) is 7.61. The molecule has 0 aromatic heterocycles. The minimum atomic E-state index is -3.67. The average Bonchev–Trinajstić information content (AvgIpc) is 1.90. The van der Waals surface area contributed by atoms with Crippen LogP contribution in [0.2, 0.25) is 0 Å². The summed E-state index contributed by atoms with van der Waals surface area (Å²) >= 11 is 0. The van der Waals surface area contributed by atoms with E-state index in [1.54, 1.807) is 6.92 Å². The minimum absolute atomic E-state index is 0.243. The number of hydrogen-bond donors (Lipinski definition) is 0. The Bertz CT molecular complexity index is 196. The Kier molecular flexibility index (Phi) is 2.28. The van der Waals surface area contributed by atoms with Crippen molar-refractivity contribution in [2.45, 2.75) is 25.9 Å². The standard InChI is InChI=1S/C5H10O4S/c1-5-3-2-4-8-10(6,7)9-5/h5H,2-4H2,1H3/t5-/m0/s1. The fourth-order valence-electron chi connectivity index (χ4n) is 0.809. The molecule has 0 bridgehead atoms. The summed E-state index contributed by atoms with van der Waals surface area (Å²) in [5.41, 5.74) is 0. The molecule has 1 rings (SSSR count). The first kappa shape index (κ1) is 7.97. The van der Waals surface area contributed by atoms with Gasteiger partial charge in [-0.3, -0.25) is 0 Å². The lowest BCUT2D eigenvalue weighted by Crippen LogP contribution is -2.12. The first-order chi connectivity index (χ1) is 4.60. The van der Waals surface area contributed by atoms with E-state index in [9.17, 15) is 8.42 Å². The van der Waals surface area contributed by atoms with E-state index in [2.05, 4.69) is 8.37 Å². The largest absolute Gasteiger partial charge is 0.400 e. The van der Waals surface area contributed by atoms with Gasteiger partial charge in [-0.1, -0.05) is 0 Å². The lowest BCUT2D eigenvalue weighted by atomic mass is 10.2. The van der Waals surface area contributed by atoms with Crippen LogP contribution in [0.5, 0.6) is 0 Å². The van der Waals surface area contributed by atoms with E-state index < -0.39 is 10.4 Å². The fraction of sp³-hybridized carbons (Fsp3) is 1.00. The summed E-state index contributed by atoms with van der Waals surface area (Å²) in [6.45, 7) is 1.96. The molecule has 1 aliphatic rings. The summed E-state index contributed by atoms with van der Waals surface area (Å²) in [7, 11) is -3.67. The van der Waals surface area contributed by atoms with Gasteiger partial charge in [0.05, 0.1) is 12.7 Å². The van der Waals surface area contributed by atoms with Crippen LogP contribution in [0.25, 0.3) is 0 Å². The maximum atomic E-state index is 10.6. The van der Waals surface area contributed by atoms with Gasteiger partial charge in [-0.05, 0) is 19.8 Å². The van der Waals surface area contributed by atoms with Crippen molar-refractivity contribution in [3.05, 3.63) is 0 Å². The zero-order valence-corrected chi connectivity index (χ0v) is 6.56. The van der Waals surface area contributed by atoms with Gasteiger partial charge >= 0.3 is 10.4 Å². The highest BCUT2D eigenvalue weighted by Crippen LogP contribution is 2.12. The Hall–Kier alpha value is -0.130. The summed E-state index contributed by atoms with van der Waals surface area (Å²) < 4.78 is 30.2. The second-order valence-electron chi connectivity index (χ2n) is 2.28. The van der Waals surface area contributed by atoms with Crippen LogP contribution in [0, 0.1) is 0 Å². The van der Waals surface area contributed by atoms with Crippen LogP contribution in [0.3, 0.4) is 0 Å². The molecule has 5 heteroatoms. The average molecular weight is 166 g/mol. The van der Waals surface area contributed by atoms with E-state index in [0.717, 1.165) is 12.8 Å². The molecular weight excluding hydrogens is 156 g/mol. The molecule has 0 spiro atoms. The first-order valence-electron chi connectivity index (χ1n) is 3.18. The molecule has 1 fully saturated rings. The van der Waals surface area contributed by atoms with Gasteiger partial charge in [0.2, 0.25) is 0 Å². The zero-order valence-electron chi connectivity index (χ0n) is 5.74. The van der Waals surface area contributed by atoms with E-state index in [4.69, 9.17) is 0 Å². The third kappa shape index (κ3) is 2.24. The Labute approximate surface area is 60.5 Å². The minimum Gasteiger partial charge on any atom is -0.248 e. The van der Waals surface area contributed by atoms with Crippen LogP contribution in [0.1, 0.15) is 19.8 Å². The fourth-order valence-corrected chi connectivity index (χ4v) is 1.68. The van der Waals surface area contributed by atoms with Gasteiger partial charge in [-0.2, -0.15) is 8.42 Å². The third-order valence-corrected chi connectivity index (χ3v) is 2.28. The van der Waals surface area contributed by atoms with Crippen molar-refractivity contribution in [2.24, 2.45) is 0 Å². The van der Waals surface area contributed by atoms with Gasteiger partial charge in [-0.25, -0.2) is 8.37 Å². The van der Waals surface area contributed by atoms with Crippen molar-refractivity contribution in [2.75, 3.05) is 6.61 Å². The Morgan fingerprint density at radius 3 is 2.90 bits per heavy atom. The molecule has 0 saturated carbocycles. The molecule has 1 saturated heterocycles. The molecule has 0 aromatic rings. The molecule has 0 unspecified atom stereocenters. The smallest absolute Gasteiger partial charge is 0.248 e. The summed E-state index contributed by atoms with van der Waals surface area (Å²) in [5, 5.41) is 0. The van der Waals surface area contributed by atoms with Crippen LogP contribution in [-0.4, -0.2) is 21.1 Å². The SMILES string of the molecule is C[C@H]1CCCOS(=O)(=O)O1. The molecule has 0 amide bonds. The second kappa shape index (κ2) is 2.86. The van der Waals surface area contributed by atoms with E-state index in [1.165, 1.54) is 0 Å². The Balaban J connectivity index is 2.64. The van der Waals surface area contributed by atoms with E-state index in [1.807, 2.05) is 0 Å². The molecular formula is C5H10O4S. The molecule has 1 atom stereocenters. The van der Waals surface area contributed by atoms with Gasteiger partial charge in [0.15, 0.2) is 0 Å². The van der Waals surface area contributed by atoms with E-state index >= 15 is 0 Å². The lowest BCUT2D eigenvalue weighted by molar-refractivity contribution is 0.197. The summed E-state index contributed by atoms with van der Waals surface area (Å²) in [5.74, 6) is 0. The van der Waals surface area contributed by atoms with Crippen molar-refractivity contribution >= 4 is 10.4 Å². The Morgan fingerprint density at radius 2 is 2.20 bits per heavy atom. The Morgan fingerprint density at radius 1 is 1.50 bits per heavy atom. The highest BCUT2D eigenvalue weighted by Gasteiger charge is 2.20. The predicted octanol–water partition coefficient (Wildman–Crippen LogP) is 0.447. The second-order valence-corrected chi connectivity index (χ2v) is 3.52. The molecule has 1 aliphatic heterocycles. The van der Waals surface area contributed by atoms with Crippen molar-refractivity contribution in [1.29, 1.82) is 0 Å². The van der Waals surface area contributed by atoms with Gasteiger partial charge < -0.3 is 0 Å². The number of rotatable bonds is 0. The lowest BCUT2D eigenvalue weighted by Gasteiger charge is -2.04. The van der Waals surface area contributed by atoms with E-state index in [0.29, 0.717) is 0 Å². The molecule has 4 nitrogen and oxygen atoms in total. The van der Waals surface area contributed by atoms with Gasteiger partial charge in [-0.15, -0.1) is 0 Å². The molecule has 0 aromatic carbocycles. The predicted molar refractivity (Wildman–Crippen MR) is 34.7 cm³/mol. The highest BCUT2D eigenvalue weighted by atomic mass is 32.3. The molecule has 60 valence electrons. The molecule has 1 heterocycles. The van der Waals surface area contributed by atoms with Crippen LogP contribution in [-0.2, 0) is 18.8 Å². The van der Waals surface area contributed by atoms with Crippen LogP contribution in [0.4, 0.5) is 0 Å². The number of hydrogen-bond acceptors (Lipinski definition) is 4. The van der Waals surface area contributed by atoms with Gasteiger partial charge in [0.25, 0.3) is 0 Å². The summed E-state index contributed by atoms with van der Waals surface area (Å²) in [6.07, 6.45) is 1.23. The van der Waals surface area contributed by atoms with Crippen LogP contribution < -0.4 is 0 Å². The maximum Gasteiger partial charge on any atom is 0.400 e. The van der Waals surface area contributed by atoms with Crippen molar-refractivity contribution in [3.63, 3.8) is 0 Å². The van der Waals surface area contributed by atoms with Crippen LogP contribution >= 0.6 is 0 Å². The maximum absolute atomic E-state index is 10.6. The van der Waals surface area contributed by atoms with Crippen LogP contribution in [0.15, 0.2) is 0 Å².